The Bertz CT molecular complexity index is 355. The van der Waals surface area contributed by atoms with E-state index in [1.165, 1.54) is 69.9 Å². The van der Waals surface area contributed by atoms with Crippen LogP contribution in [0.15, 0.2) is 12.3 Å². The summed E-state index contributed by atoms with van der Waals surface area (Å²) in [6, 6.07) is 2.25. The smallest absolute Gasteiger partial charge is 0.0492 e. The van der Waals surface area contributed by atoms with Gasteiger partial charge in [0.1, 0.15) is 0 Å². The number of hydrogen-bond acceptors (Lipinski definition) is 1. The second-order valence-corrected chi connectivity index (χ2v) is 6.71. The fourth-order valence-corrected chi connectivity index (χ4v) is 3.36. The number of rotatable bonds is 12. The topological polar surface area (TPSA) is 17.8 Å². The Morgan fingerprint density at radius 2 is 1.48 bits per heavy atom. The molecule has 2 heteroatoms. The zero-order valence-corrected chi connectivity index (χ0v) is 14.8. The summed E-state index contributed by atoms with van der Waals surface area (Å²) in [5, 5.41) is 4.51. The molecule has 0 aliphatic rings. The van der Waals surface area contributed by atoms with E-state index in [2.05, 4.69) is 43.5 Å². The van der Waals surface area contributed by atoms with Crippen molar-refractivity contribution in [2.45, 2.75) is 104 Å². The Morgan fingerprint density at radius 1 is 0.905 bits per heavy atom. The molecule has 0 spiro atoms. The van der Waals surface area contributed by atoms with Gasteiger partial charge in [0.25, 0.3) is 0 Å². The molecule has 0 saturated heterocycles. The quantitative estimate of drug-likeness (QED) is 0.425. The molecule has 0 radical (unpaired) electrons. The third-order valence-corrected chi connectivity index (χ3v) is 4.80. The molecule has 2 nitrogen and oxygen atoms in total. The molecular weight excluding hydrogens is 256 g/mol. The zero-order chi connectivity index (χ0) is 15.6. The van der Waals surface area contributed by atoms with Crippen LogP contribution in [0.1, 0.15) is 97.6 Å². The van der Waals surface area contributed by atoms with E-state index in [1.807, 2.05) is 6.20 Å². The molecule has 122 valence electrons. The Hall–Kier alpha value is -0.790. The maximum Gasteiger partial charge on any atom is 0.0492 e. The second-order valence-electron chi connectivity index (χ2n) is 6.71. The average molecular weight is 293 g/mol. The molecule has 1 aromatic heterocycles. The first-order chi connectivity index (χ1) is 10.2. The maximum atomic E-state index is 4.51. The summed E-state index contributed by atoms with van der Waals surface area (Å²) in [6.07, 6.45) is 15.4. The zero-order valence-electron chi connectivity index (χ0n) is 14.8. The minimum Gasteiger partial charge on any atom is -0.269 e. The first-order valence-corrected chi connectivity index (χ1v) is 9.20. The van der Waals surface area contributed by atoms with Crippen molar-refractivity contribution >= 4 is 0 Å². The molecule has 0 aromatic carbocycles. The lowest BCUT2D eigenvalue weighted by molar-refractivity contribution is 0.338. The van der Waals surface area contributed by atoms with Crippen LogP contribution >= 0.6 is 0 Å². The third kappa shape index (κ3) is 5.84. The highest BCUT2D eigenvalue weighted by Crippen LogP contribution is 2.35. The third-order valence-electron chi connectivity index (χ3n) is 4.80. The highest BCUT2D eigenvalue weighted by molar-refractivity contribution is 5.15. The van der Waals surface area contributed by atoms with Gasteiger partial charge in [0.15, 0.2) is 0 Å². The lowest BCUT2D eigenvalue weighted by Crippen LogP contribution is -2.26. The van der Waals surface area contributed by atoms with Crippen LogP contribution in [0.3, 0.4) is 0 Å². The van der Waals surface area contributed by atoms with Crippen LogP contribution < -0.4 is 0 Å². The summed E-state index contributed by atoms with van der Waals surface area (Å²) in [7, 11) is 0. The van der Waals surface area contributed by atoms with Gasteiger partial charge in [-0.15, -0.1) is 0 Å². The number of unbranched alkanes of at least 4 members (excludes halogenated alkanes) is 6. The van der Waals surface area contributed by atoms with Crippen LogP contribution in [0.2, 0.25) is 0 Å². The molecule has 0 aliphatic heterocycles. The van der Waals surface area contributed by atoms with Crippen molar-refractivity contribution in [2.75, 3.05) is 0 Å². The Labute approximate surface area is 132 Å². The van der Waals surface area contributed by atoms with Crippen molar-refractivity contribution in [2.24, 2.45) is 0 Å². The Morgan fingerprint density at radius 3 is 1.95 bits per heavy atom. The van der Waals surface area contributed by atoms with Crippen LogP contribution in [0.25, 0.3) is 0 Å². The first-order valence-electron chi connectivity index (χ1n) is 9.20. The highest BCUT2D eigenvalue weighted by Gasteiger charge is 2.28. The minimum atomic E-state index is 0.313. The minimum absolute atomic E-state index is 0.313. The van der Waals surface area contributed by atoms with Gasteiger partial charge in [-0.1, -0.05) is 72.1 Å². The monoisotopic (exact) mass is 292 g/mol. The summed E-state index contributed by atoms with van der Waals surface area (Å²) in [6.45, 7) is 10.2. The van der Waals surface area contributed by atoms with E-state index in [9.17, 15) is 0 Å². The van der Waals surface area contributed by atoms with Crippen molar-refractivity contribution in [3.63, 3.8) is 0 Å². The van der Waals surface area contributed by atoms with Crippen molar-refractivity contribution in [1.82, 2.24) is 9.78 Å². The number of nitrogens with zero attached hydrogens (tertiary/aromatic N) is 2. The van der Waals surface area contributed by atoms with E-state index in [0.717, 1.165) is 6.54 Å². The molecule has 0 aliphatic carbocycles. The molecule has 1 heterocycles. The molecule has 1 rings (SSSR count). The van der Waals surface area contributed by atoms with Crippen LogP contribution in [0.4, 0.5) is 0 Å². The van der Waals surface area contributed by atoms with Gasteiger partial charge < -0.3 is 0 Å². The molecule has 0 unspecified atom stereocenters. The van der Waals surface area contributed by atoms with Gasteiger partial charge in [0.05, 0.1) is 0 Å². The van der Waals surface area contributed by atoms with Gasteiger partial charge in [-0.2, -0.15) is 5.10 Å². The summed E-state index contributed by atoms with van der Waals surface area (Å²) in [4.78, 5) is 0. The van der Waals surface area contributed by atoms with Crippen LogP contribution in [0.5, 0.6) is 0 Å². The molecule has 0 amide bonds. The summed E-state index contributed by atoms with van der Waals surface area (Å²) < 4.78 is 2.21. The molecule has 0 N–H and O–H groups in total. The summed E-state index contributed by atoms with van der Waals surface area (Å²) in [5.74, 6) is 0. The van der Waals surface area contributed by atoms with Crippen molar-refractivity contribution in [3.8, 4) is 0 Å². The van der Waals surface area contributed by atoms with E-state index >= 15 is 0 Å². The number of hydrogen-bond donors (Lipinski definition) is 0. The fourth-order valence-electron chi connectivity index (χ4n) is 3.36. The average Bonchev–Trinajstić information content (AvgIpc) is 2.97. The van der Waals surface area contributed by atoms with Crippen molar-refractivity contribution in [1.29, 1.82) is 0 Å². The van der Waals surface area contributed by atoms with Crippen LogP contribution in [-0.4, -0.2) is 9.78 Å². The molecule has 0 atom stereocenters. The highest BCUT2D eigenvalue weighted by atomic mass is 15.3. The molecule has 0 saturated carbocycles. The standard InChI is InChI=1S/C19H36N2/c1-5-8-10-12-15-19(4,16-13-11-9-6-2)18-14-17-20-21(18)7-3/h14,17H,5-13,15-16H2,1-4H3. The van der Waals surface area contributed by atoms with Crippen LogP contribution in [0, 0.1) is 0 Å². The predicted octanol–water partition coefficient (Wildman–Crippen LogP) is 6.10. The van der Waals surface area contributed by atoms with Crippen LogP contribution in [-0.2, 0) is 12.0 Å². The molecule has 0 fully saturated rings. The Balaban J connectivity index is 2.68. The van der Waals surface area contributed by atoms with Gasteiger partial charge in [0, 0.05) is 23.9 Å². The fraction of sp³-hybridized carbons (Fsp3) is 0.842. The van der Waals surface area contributed by atoms with Gasteiger partial charge in [0.2, 0.25) is 0 Å². The summed E-state index contributed by atoms with van der Waals surface area (Å²) >= 11 is 0. The first kappa shape index (κ1) is 18.3. The van der Waals surface area contributed by atoms with Gasteiger partial charge >= 0.3 is 0 Å². The van der Waals surface area contributed by atoms with E-state index in [1.54, 1.807) is 0 Å². The van der Waals surface area contributed by atoms with Gasteiger partial charge in [-0.3, -0.25) is 4.68 Å². The predicted molar refractivity (Wildman–Crippen MR) is 92.8 cm³/mol. The van der Waals surface area contributed by atoms with Gasteiger partial charge in [-0.05, 0) is 25.8 Å². The largest absolute Gasteiger partial charge is 0.269 e. The molecule has 0 bridgehead atoms. The normalized spacial score (nSPS) is 12.0. The van der Waals surface area contributed by atoms with E-state index < -0.39 is 0 Å². The van der Waals surface area contributed by atoms with Crippen molar-refractivity contribution < 1.29 is 0 Å². The van der Waals surface area contributed by atoms with Gasteiger partial charge in [-0.25, -0.2) is 0 Å². The van der Waals surface area contributed by atoms with Crippen molar-refractivity contribution in [3.05, 3.63) is 18.0 Å². The molecule has 1 aromatic rings. The van der Waals surface area contributed by atoms with E-state index in [4.69, 9.17) is 0 Å². The Kier molecular flexibility index (Phi) is 8.72. The lowest BCUT2D eigenvalue weighted by atomic mass is 9.77. The van der Waals surface area contributed by atoms with E-state index in [0.29, 0.717) is 5.41 Å². The molecule has 21 heavy (non-hydrogen) atoms. The summed E-state index contributed by atoms with van der Waals surface area (Å²) in [5.41, 5.74) is 1.77. The lowest BCUT2D eigenvalue weighted by Gasteiger charge is -2.31. The van der Waals surface area contributed by atoms with E-state index in [-0.39, 0.29) is 0 Å². The number of aryl methyl sites for hydroxylation is 1. The molecular formula is C19H36N2. The SMILES string of the molecule is CCCCCCC(C)(CCCCCC)c1ccnn1CC. The second kappa shape index (κ2) is 10.0. The maximum absolute atomic E-state index is 4.51. The number of aromatic nitrogens is 2.